The van der Waals surface area contributed by atoms with Crippen LogP contribution in [0.15, 0.2) is 35.9 Å². The zero-order valence-corrected chi connectivity index (χ0v) is 8.50. The minimum atomic E-state index is 1.02. The molecule has 0 amide bonds. The van der Waals surface area contributed by atoms with Gasteiger partial charge in [-0.15, -0.1) is 0 Å². The van der Waals surface area contributed by atoms with E-state index >= 15 is 0 Å². The Labute approximate surface area is 85.6 Å². The summed E-state index contributed by atoms with van der Waals surface area (Å²) in [5.74, 6) is 0. The van der Waals surface area contributed by atoms with Crippen LogP contribution in [0.4, 0.5) is 0 Å². The summed E-state index contributed by atoms with van der Waals surface area (Å²) >= 11 is 0. The third-order valence-electron chi connectivity index (χ3n) is 2.92. The summed E-state index contributed by atoms with van der Waals surface area (Å²) in [4.78, 5) is 0. The van der Waals surface area contributed by atoms with Crippen LogP contribution in [-0.4, -0.2) is 0 Å². The van der Waals surface area contributed by atoms with Crippen LogP contribution in [-0.2, 0) is 0 Å². The lowest BCUT2D eigenvalue weighted by Crippen LogP contribution is -2.05. The van der Waals surface area contributed by atoms with Crippen LogP contribution in [0.2, 0.25) is 0 Å². The van der Waals surface area contributed by atoms with Gasteiger partial charge in [0.15, 0.2) is 0 Å². The molecule has 0 aromatic heterocycles. The third kappa shape index (κ3) is 1.98. The van der Waals surface area contributed by atoms with Crippen molar-refractivity contribution in [2.24, 2.45) is 5.73 Å². The molecule has 1 heteroatoms. The van der Waals surface area contributed by atoms with Crippen molar-refractivity contribution >= 4 is 5.70 Å². The molecule has 1 aliphatic rings. The molecule has 0 heterocycles. The predicted molar refractivity (Wildman–Crippen MR) is 60.6 cm³/mol. The zero-order valence-electron chi connectivity index (χ0n) is 8.50. The second-order valence-corrected chi connectivity index (χ2v) is 3.94. The van der Waals surface area contributed by atoms with Gasteiger partial charge in [0.1, 0.15) is 0 Å². The molecule has 1 aromatic rings. The standard InChI is InChI=1S/C13H17N/c14-13(11-7-3-1-4-8-11)12-9-5-2-6-10-12/h1,3-4,7-8H,2,5-6,9-10,14H2. The number of hydrogen-bond acceptors (Lipinski definition) is 1. The summed E-state index contributed by atoms with van der Waals surface area (Å²) in [5.41, 5.74) is 9.81. The molecule has 0 saturated heterocycles. The molecule has 0 spiro atoms. The molecule has 1 aliphatic carbocycles. The van der Waals surface area contributed by atoms with Crippen LogP contribution in [0.3, 0.4) is 0 Å². The van der Waals surface area contributed by atoms with E-state index in [0.29, 0.717) is 0 Å². The minimum absolute atomic E-state index is 1.02. The molecule has 2 rings (SSSR count). The molecule has 14 heavy (non-hydrogen) atoms. The molecule has 0 radical (unpaired) electrons. The van der Waals surface area contributed by atoms with E-state index in [9.17, 15) is 0 Å². The zero-order chi connectivity index (χ0) is 9.80. The second kappa shape index (κ2) is 4.32. The van der Waals surface area contributed by atoms with Crippen molar-refractivity contribution in [1.82, 2.24) is 0 Å². The summed E-state index contributed by atoms with van der Waals surface area (Å²) in [6.07, 6.45) is 6.37. The Morgan fingerprint density at radius 3 is 2.21 bits per heavy atom. The van der Waals surface area contributed by atoms with Gasteiger partial charge in [-0.25, -0.2) is 0 Å². The van der Waals surface area contributed by atoms with Crippen molar-refractivity contribution < 1.29 is 0 Å². The van der Waals surface area contributed by atoms with Gasteiger partial charge in [0, 0.05) is 5.70 Å². The summed E-state index contributed by atoms with van der Waals surface area (Å²) in [6, 6.07) is 10.3. The van der Waals surface area contributed by atoms with Gasteiger partial charge >= 0.3 is 0 Å². The van der Waals surface area contributed by atoms with Gasteiger partial charge in [-0.3, -0.25) is 0 Å². The molecule has 2 N–H and O–H groups in total. The van der Waals surface area contributed by atoms with Crippen LogP contribution in [0.5, 0.6) is 0 Å². The van der Waals surface area contributed by atoms with E-state index in [1.807, 2.05) is 18.2 Å². The Morgan fingerprint density at radius 1 is 0.929 bits per heavy atom. The van der Waals surface area contributed by atoms with E-state index in [-0.39, 0.29) is 0 Å². The molecule has 1 aromatic carbocycles. The molecule has 0 unspecified atom stereocenters. The SMILES string of the molecule is NC(=C1CCCCC1)c1ccccc1. The van der Waals surface area contributed by atoms with E-state index in [0.717, 1.165) is 5.70 Å². The van der Waals surface area contributed by atoms with Gasteiger partial charge < -0.3 is 5.73 Å². The van der Waals surface area contributed by atoms with E-state index in [4.69, 9.17) is 5.73 Å². The minimum Gasteiger partial charge on any atom is -0.398 e. The second-order valence-electron chi connectivity index (χ2n) is 3.94. The molecule has 1 saturated carbocycles. The van der Waals surface area contributed by atoms with Crippen molar-refractivity contribution in [3.8, 4) is 0 Å². The maximum Gasteiger partial charge on any atom is 0.0379 e. The fourth-order valence-corrected chi connectivity index (χ4v) is 2.07. The van der Waals surface area contributed by atoms with Crippen LogP contribution < -0.4 is 5.73 Å². The number of allylic oxidation sites excluding steroid dienone is 1. The maximum atomic E-state index is 6.15. The Balaban J connectivity index is 2.25. The van der Waals surface area contributed by atoms with Gasteiger partial charge in [-0.2, -0.15) is 0 Å². The molecule has 0 bridgehead atoms. The first-order valence-electron chi connectivity index (χ1n) is 5.41. The Bertz CT molecular complexity index is 316. The highest BCUT2D eigenvalue weighted by molar-refractivity contribution is 5.65. The summed E-state index contributed by atoms with van der Waals surface area (Å²) in [7, 11) is 0. The lowest BCUT2D eigenvalue weighted by Gasteiger charge is -2.16. The molecule has 1 nitrogen and oxygen atoms in total. The molecule has 1 fully saturated rings. The number of benzene rings is 1. The van der Waals surface area contributed by atoms with E-state index in [1.54, 1.807) is 0 Å². The highest BCUT2D eigenvalue weighted by Crippen LogP contribution is 2.27. The highest BCUT2D eigenvalue weighted by atomic mass is 14.6. The Morgan fingerprint density at radius 2 is 1.57 bits per heavy atom. The summed E-state index contributed by atoms with van der Waals surface area (Å²) in [6.45, 7) is 0. The Kier molecular flexibility index (Phi) is 2.87. The molecule has 74 valence electrons. The van der Waals surface area contributed by atoms with Crippen LogP contribution in [0.25, 0.3) is 5.70 Å². The third-order valence-corrected chi connectivity index (χ3v) is 2.92. The molecular weight excluding hydrogens is 170 g/mol. The van der Waals surface area contributed by atoms with Gasteiger partial charge in [-0.1, -0.05) is 36.8 Å². The van der Waals surface area contributed by atoms with Crippen molar-refractivity contribution in [3.05, 3.63) is 41.5 Å². The van der Waals surface area contributed by atoms with Gasteiger partial charge in [-0.05, 0) is 36.8 Å². The lowest BCUT2D eigenvalue weighted by atomic mass is 9.91. The molecular formula is C13H17N. The average Bonchev–Trinajstić information content (AvgIpc) is 2.30. The predicted octanol–water partition coefficient (Wildman–Crippen LogP) is 3.32. The highest BCUT2D eigenvalue weighted by Gasteiger charge is 2.09. The normalized spacial score (nSPS) is 16.7. The number of hydrogen-bond donors (Lipinski definition) is 1. The average molecular weight is 187 g/mol. The van der Waals surface area contributed by atoms with E-state index in [2.05, 4.69) is 12.1 Å². The van der Waals surface area contributed by atoms with Crippen LogP contribution in [0.1, 0.15) is 37.7 Å². The fourth-order valence-electron chi connectivity index (χ4n) is 2.07. The topological polar surface area (TPSA) is 26.0 Å². The number of nitrogens with two attached hydrogens (primary N) is 1. The first kappa shape index (κ1) is 9.32. The van der Waals surface area contributed by atoms with Crippen molar-refractivity contribution in [2.45, 2.75) is 32.1 Å². The van der Waals surface area contributed by atoms with E-state index in [1.165, 1.54) is 43.2 Å². The van der Waals surface area contributed by atoms with Gasteiger partial charge in [0.2, 0.25) is 0 Å². The van der Waals surface area contributed by atoms with Gasteiger partial charge in [0.25, 0.3) is 0 Å². The van der Waals surface area contributed by atoms with Gasteiger partial charge in [0.05, 0.1) is 0 Å². The molecule has 0 atom stereocenters. The fraction of sp³-hybridized carbons (Fsp3) is 0.385. The Hall–Kier alpha value is -1.24. The summed E-state index contributed by atoms with van der Waals surface area (Å²) in [5, 5.41) is 0. The van der Waals surface area contributed by atoms with Crippen LogP contribution in [0, 0.1) is 0 Å². The molecule has 0 aliphatic heterocycles. The quantitative estimate of drug-likeness (QED) is 0.717. The van der Waals surface area contributed by atoms with Crippen molar-refractivity contribution in [2.75, 3.05) is 0 Å². The number of rotatable bonds is 1. The lowest BCUT2D eigenvalue weighted by molar-refractivity contribution is 0.600. The monoisotopic (exact) mass is 187 g/mol. The van der Waals surface area contributed by atoms with Crippen molar-refractivity contribution in [3.63, 3.8) is 0 Å². The van der Waals surface area contributed by atoms with E-state index < -0.39 is 0 Å². The largest absolute Gasteiger partial charge is 0.398 e. The summed E-state index contributed by atoms with van der Waals surface area (Å²) < 4.78 is 0. The maximum absolute atomic E-state index is 6.15. The first-order valence-corrected chi connectivity index (χ1v) is 5.41. The van der Waals surface area contributed by atoms with Crippen molar-refractivity contribution in [1.29, 1.82) is 0 Å². The van der Waals surface area contributed by atoms with Crippen LogP contribution >= 0.6 is 0 Å². The smallest absolute Gasteiger partial charge is 0.0379 e. The first-order chi connectivity index (χ1) is 6.88.